The van der Waals surface area contributed by atoms with Crippen molar-refractivity contribution in [3.8, 4) is 0 Å². The minimum Gasteiger partial charge on any atom is -0.236 e. The lowest BCUT2D eigenvalue weighted by molar-refractivity contribution is 1.39. The molecule has 0 unspecified atom stereocenters. The van der Waals surface area contributed by atoms with Crippen molar-refractivity contribution in [3.05, 3.63) is 40.0 Å². The predicted molar refractivity (Wildman–Crippen MR) is 56.5 cm³/mol. The van der Waals surface area contributed by atoms with Crippen LogP contribution in [0.1, 0.15) is 5.56 Å². The third-order valence-electron chi connectivity index (χ3n) is 1.87. The Hall–Kier alpha value is -0.790. The van der Waals surface area contributed by atoms with Gasteiger partial charge in [-0.3, -0.25) is 0 Å². The molecule has 0 radical (unpaired) electrons. The van der Waals surface area contributed by atoms with E-state index in [2.05, 4.69) is 4.98 Å². The Morgan fingerprint density at radius 2 is 1.92 bits per heavy atom. The van der Waals surface area contributed by atoms with E-state index in [-0.39, 0.29) is 0 Å². The van der Waals surface area contributed by atoms with E-state index in [0.29, 0.717) is 5.15 Å². The zero-order valence-electron chi connectivity index (χ0n) is 7.01. The van der Waals surface area contributed by atoms with Crippen LogP contribution in [0.4, 0.5) is 0 Å². The van der Waals surface area contributed by atoms with E-state index in [1.165, 1.54) is 0 Å². The second-order valence-electron chi connectivity index (χ2n) is 2.95. The Morgan fingerprint density at radius 3 is 2.69 bits per heavy atom. The molecule has 0 amide bonds. The molecule has 3 heteroatoms. The number of rotatable bonds is 0. The molecule has 2 aromatic rings. The molecule has 66 valence electrons. The molecule has 0 aliphatic heterocycles. The maximum atomic E-state index is 6.03. The highest BCUT2D eigenvalue weighted by molar-refractivity contribution is 6.35. The van der Waals surface area contributed by atoms with E-state index < -0.39 is 0 Å². The molecule has 13 heavy (non-hydrogen) atoms. The van der Waals surface area contributed by atoms with Gasteiger partial charge in [-0.1, -0.05) is 23.2 Å². The summed E-state index contributed by atoms with van der Waals surface area (Å²) in [6.07, 6.45) is 0. The number of hydrogen-bond donors (Lipinski definition) is 0. The Morgan fingerprint density at radius 1 is 1.15 bits per heavy atom. The first-order chi connectivity index (χ1) is 6.16. The van der Waals surface area contributed by atoms with E-state index in [1.807, 2.05) is 25.1 Å². The maximum Gasteiger partial charge on any atom is 0.129 e. The molecule has 1 aromatic carbocycles. The molecule has 0 bridgehead atoms. The van der Waals surface area contributed by atoms with Crippen molar-refractivity contribution in [1.82, 2.24) is 4.98 Å². The Labute approximate surface area is 86.3 Å². The van der Waals surface area contributed by atoms with Crippen LogP contribution in [0.3, 0.4) is 0 Å². The summed E-state index contributed by atoms with van der Waals surface area (Å²) >= 11 is 11.8. The Kier molecular flexibility index (Phi) is 2.14. The molecular weight excluding hydrogens is 205 g/mol. The van der Waals surface area contributed by atoms with Crippen molar-refractivity contribution in [2.24, 2.45) is 0 Å². The quantitative estimate of drug-likeness (QED) is 0.604. The number of aromatic nitrogens is 1. The molecule has 0 aliphatic carbocycles. The zero-order valence-corrected chi connectivity index (χ0v) is 8.52. The molecule has 0 N–H and O–H groups in total. The van der Waals surface area contributed by atoms with Gasteiger partial charge in [-0.05, 0) is 36.8 Å². The average Bonchev–Trinajstić information content (AvgIpc) is 2.02. The smallest absolute Gasteiger partial charge is 0.129 e. The highest BCUT2D eigenvalue weighted by Crippen LogP contribution is 2.24. The van der Waals surface area contributed by atoms with Crippen molar-refractivity contribution < 1.29 is 0 Å². The second kappa shape index (κ2) is 3.17. The van der Waals surface area contributed by atoms with Gasteiger partial charge in [0, 0.05) is 5.39 Å². The number of benzene rings is 1. The first kappa shape index (κ1) is 8.79. The molecule has 1 aromatic heterocycles. The standard InChI is InChI=1S/C10H7Cl2N/c1-6-4-8(11)7-2-3-10(12)13-9(7)5-6/h2-5H,1H3. The van der Waals surface area contributed by atoms with E-state index in [1.54, 1.807) is 6.07 Å². The number of halogens is 2. The van der Waals surface area contributed by atoms with Gasteiger partial charge in [0.2, 0.25) is 0 Å². The largest absolute Gasteiger partial charge is 0.236 e. The number of nitrogens with zero attached hydrogens (tertiary/aromatic N) is 1. The molecule has 1 heterocycles. The van der Waals surface area contributed by atoms with Crippen LogP contribution in [0.15, 0.2) is 24.3 Å². The summed E-state index contributed by atoms with van der Waals surface area (Å²) in [4.78, 5) is 4.18. The molecule has 0 atom stereocenters. The molecular formula is C10H7Cl2N. The summed E-state index contributed by atoms with van der Waals surface area (Å²) in [6, 6.07) is 7.50. The van der Waals surface area contributed by atoms with E-state index >= 15 is 0 Å². The lowest BCUT2D eigenvalue weighted by atomic mass is 10.1. The number of fused-ring (bicyclic) bond motifs is 1. The van der Waals surface area contributed by atoms with Crippen LogP contribution in [0.2, 0.25) is 10.2 Å². The van der Waals surface area contributed by atoms with Gasteiger partial charge >= 0.3 is 0 Å². The van der Waals surface area contributed by atoms with Gasteiger partial charge in [0.05, 0.1) is 10.5 Å². The average molecular weight is 212 g/mol. The normalized spacial score (nSPS) is 10.7. The fraction of sp³-hybridized carbons (Fsp3) is 0.100. The van der Waals surface area contributed by atoms with Crippen LogP contribution >= 0.6 is 23.2 Å². The summed E-state index contributed by atoms with van der Waals surface area (Å²) in [6.45, 7) is 1.98. The molecule has 1 nitrogen and oxygen atoms in total. The summed E-state index contributed by atoms with van der Waals surface area (Å²) in [7, 11) is 0. The van der Waals surface area contributed by atoms with Gasteiger partial charge in [0.1, 0.15) is 5.15 Å². The van der Waals surface area contributed by atoms with Crippen molar-refractivity contribution in [1.29, 1.82) is 0 Å². The van der Waals surface area contributed by atoms with Crippen LogP contribution in [-0.2, 0) is 0 Å². The van der Waals surface area contributed by atoms with Crippen LogP contribution in [0.5, 0.6) is 0 Å². The highest BCUT2D eigenvalue weighted by atomic mass is 35.5. The van der Waals surface area contributed by atoms with Gasteiger partial charge in [-0.25, -0.2) is 4.98 Å². The number of hydrogen-bond acceptors (Lipinski definition) is 1. The molecule has 0 fully saturated rings. The zero-order chi connectivity index (χ0) is 9.42. The van der Waals surface area contributed by atoms with E-state index in [4.69, 9.17) is 23.2 Å². The predicted octanol–water partition coefficient (Wildman–Crippen LogP) is 3.85. The van der Waals surface area contributed by atoms with Crippen LogP contribution < -0.4 is 0 Å². The summed E-state index contributed by atoms with van der Waals surface area (Å²) < 4.78 is 0. The van der Waals surface area contributed by atoms with Crippen LogP contribution in [0, 0.1) is 6.92 Å². The van der Waals surface area contributed by atoms with Crippen LogP contribution in [-0.4, -0.2) is 4.98 Å². The van der Waals surface area contributed by atoms with Gasteiger partial charge in [-0.15, -0.1) is 0 Å². The number of pyridine rings is 1. The van der Waals surface area contributed by atoms with Crippen molar-refractivity contribution in [2.75, 3.05) is 0 Å². The van der Waals surface area contributed by atoms with Gasteiger partial charge in [0.15, 0.2) is 0 Å². The molecule has 0 saturated heterocycles. The topological polar surface area (TPSA) is 12.9 Å². The third kappa shape index (κ3) is 1.62. The Bertz CT molecular complexity index is 460. The number of aryl methyl sites for hydroxylation is 1. The highest BCUT2D eigenvalue weighted by Gasteiger charge is 2.01. The second-order valence-corrected chi connectivity index (χ2v) is 3.74. The van der Waals surface area contributed by atoms with Gasteiger partial charge in [-0.2, -0.15) is 0 Å². The maximum absolute atomic E-state index is 6.03. The minimum atomic E-state index is 0.495. The first-order valence-electron chi connectivity index (χ1n) is 3.89. The summed E-state index contributed by atoms with van der Waals surface area (Å²) in [5.41, 5.74) is 1.93. The molecule has 0 aliphatic rings. The third-order valence-corrected chi connectivity index (χ3v) is 2.39. The van der Waals surface area contributed by atoms with Gasteiger partial charge in [0.25, 0.3) is 0 Å². The van der Waals surface area contributed by atoms with Crippen LogP contribution in [0.25, 0.3) is 10.9 Å². The van der Waals surface area contributed by atoms with E-state index in [0.717, 1.165) is 21.5 Å². The fourth-order valence-electron chi connectivity index (χ4n) is 1.30. The molecule has 0 spiro atoms. The fourth-order valence-corrected chi connectivity index (χ4v) is 1.78. The van der Waals surface area contributed by atoms with Crippen molar-refractivity contribution in [3.63, 3.8) is 0 Å². The van der Waals surface area contributed by atoms with Crippen molar-refractivity contribution >= 4 is 34.1 Å². The summed E-state index contributed by atoms with van der Waals surface area (Å²) in [5.74, 6) is 0. The van der Waals surface area contributed by atoms with E-state index in [9.17, 15) is 0 Å². The van der Waals surface area contributed by atoms with Crippen molar-refractivity contribution in [2.45, 2.75) is 6.92 Å². The minimum absolute atomic E-state index is 0.495. The lowest BCUT2D eigenvalue weighted by Crippen LogP contribution is -1.82. The first-order valence-corrected chi connectivity index (χ1v) is 4.65. The molecule has 0 saturated carbocycles. The van der Waals surface area contributed by atoms with Gasteiger partial charge < -0.3 is 0 Å². The molecule has 2 rings (SSSR count). The summed E-state index contributed by atoms with van der Waals surface area (Å²) in [5, 5.41) is 2.16. The monoisotopic (exact) mass is 211 g/mol. The Balaban J connectivity index is 2.86. The lowest BCUT2D eigenvalue weighted by Gasteiger charge is -2.01. The SMILES string of the molecule is Cc1cc(Cl)c2ccc(Cl)nc2c1.